The molecule has 1 aromatic heterocycles. The van der Waals surface area contributed by atoms with Crippen LogP contribution < -0.4 is 0 Å². The van der Waals surface area contributed by atoms with Crippen LogP contribution >= 0.6 is 0 Å². The Bertz CT molecular complexity index is 1080. The van der Waals surface area contributed by atoms with Crippen LogP contribution in [0.2, 0.25) is 0 Å². The van der Waals surface area contributed by atoms with Crippen LogP contribution in [0, 0.1) is 5.95 Å². The number of aromatic nitrogens is 1. The van der Waals surface area contributed by atoms with Gasteiger partial charge in [0.05, 0.1) is 25.6 Å². The number of para-hydroxylation sites is 1. The van der Waals surface area contributed by atoms with E-state index in [0.29, 0.717) is 23.4 Å². The predicted octanol–water partition coefficient (Wildman–Crippen LogP) is 3.76. The van der Waals surface area contributed by atoms with Crippen LogP contribution in [0.25, 0.3) is 16.9 Å². The summed E-state index contributed by atoms with van der Waals surface area (Å²) in [6, 6.07) is 14.7. The molecule has 2 aromatic carbocycles. The Hall–Kier alpha value is -3.41. The summed E-state index contributed by atoms with van der Waals surface area (Å²) in [5.74, 6) is -2.57. The summed E-state index contributed by atoms with van der Waals surface area (Å²) >= 11 is 0. The molecule has 0 saturated heterocycles. The molecule has 0 unspecified atom stereocenters. The van der Waals surface area contributed by atoms with Gasteiger partial charge in [0.15, 0.2) is 0 Å². The number of hydrogen-bond donors (Lipinski definition) is 0. The first-order valence-corrected chi connectivity index (χ1v) is 8.35. The molecule has 0 aliphatic carbocycles. The molecule has 27 heavy (non-hydrogen) atoms. The number of rotatable bonds is 2. The van der Waals surface area contributed by atoms with Gasteiger partial charge in [-0.1, -0.05) is 42.5 Å². The van der Waals surface area contributed by atoms with Crippen LogP contribution in [0.4, 0.5) is 4.39 Å². The van der Waals surface area contributed by atoms with Crippen LogP contribution in [-0.4, -0.2) is 30.7 Å². The van der Waals surface area contributed by atoms with Crippen molar-refractivity contribution in [2.24, 2.45) is 0 Å². The Labute approximate surface area is 154 Å². The van der Waals surface area contributed by atoms with Gasteiger partial charge in [0, 0.05) is 12.0 Å². The van der Waals surface area contributed by atoms with Crippen molar-refractivity contribution >= 4 is 11.9 Å². The highest BCUT2D eigenvalue weighted by atomic mass is 19.1. The van der Waals surface area contributed by atoms with E-state index in [1.165, 1.54) is 11.7 Å². The summed E-state index contributed by atoms with van der Waals surface area (Å²) in [7, 11) is 2.34. The molecule has 0 bridgehead atoms. The minimum atomic E-state index is -0.927. The summed E-state index contributed by atoms with van der Waals surface area (Å²) < 4.78 is 26.4. The maximum atomic E-state index is 15.5. The molecule has 4 rings (SSSR count). The minimum Gasteiger partial charge on any atom is -0.465 e. The predicted molar refractivity (Wildman–Crippen MR) is 96.6 cm³/mol. The number of esters is 2. The number of methoxy groups -OCH3 is 2. The number of carbonyl (C=O) groups is 2. The molecule has 5 nitrogen and oxygen atoms in total. The van der Waals surface area contributed by atoms with E-state index < -0.39 is 23.4 Å². The number of ether oxygens (including phenoxy) is 2. The first-order valence-electron chi connectivity index (χ1n) is 8.35. The van der Waals surface area contributed by atoms with Crippen LogP contribution in [-0.2, 0) is 15.9 Å². The zero-order valence-electron chi connectivity index (χ0n) is 14.8. The Balaban J connectivity index is 2.21. The summed E-state index contributed by atoms with van der Waals surface area (Å²) in [4.78, 5) is 24.9. The van der Waals surface area contributed by atoms with E-state index in [0.717, 1.165) is 18.2 Å². The number of benzene rings is 2. The van der Waals surface area contributed by atoms with E-state index in [1.807, 2.05) is 30.3 Å². The van der Waals surface area contributed by atoms with Gasteiger partial charge in [-0.3, -0.25) is 4.57 Å². The van der Waals surface area contributed by atoms with E-state index >= 15 is 4.39 Å². The van der Waals surface area contributed by atoms with Crippen molar-refractivity contribution < 1.29 is 23.5 Å². The second kappa shape index (κ2) is 6.39. The maximum Gasteiger partial charge on any atom is 0.343 e. The number of hydrogen-bond acceptors (Lipinski definition) is 4. The fourth-order valence-electron chi connectivity index (χ4n) is 3.60. The highest BCUT2D eigenvalue weighted by Gasteiger charge is 2.36. The first-order chi connectivity index (χ1) is 13.1. The molecular formula is C21H16FNO4. The van der Waals surface area contributed by atoms with Crippen molar-refractivity contribution in [3.63, 3.8) is 0 Å². The largest absolute Gasteiger partial charge is 0.465 e. The Morgan fingerprint density at radius 2 is 1.48 bits per heavy atom. The topological polar surface area (TPSA) is 57.5 Å². The lowest BCUT2D eigenvalue weighted by atomic mass is 9.96. The van der Waals surface area contributed by atoms with Crippen LogP contribution in [0.1, 0.15) is 31.8 Å². The normalized spacial score (nSPS) is 11.7. The Morgan fingerprint density at radius 3 is 2.19 bits per heavy atom. The van der Waals surface area contributed by atoms with Crippen LogP contribution in [0.3, 0.4) is 0 Å². The first kappa shape index (κ1) is 17.0. The van der Waals surface area contributed by atoms with E-state index in [-0.39, 0.29) is 5.56 Å². The average Bonchev–Trinajstić information content (AvgIpc) is 2.91. The van der Waals surface area contributed by atoms with Gasteiger partial charge in [-0.2, -0.15) is 4.39 Å². The highest BCUT2D eigenvalue weighted by Crippen LogP contribution is 2.40. The van der Waals surface area contributed by atoms with E-state index in [9.17, 15) is 9.59 Å². The van der Waals surface area contributed by atoms with Crippen LogP contribution in [0.15, 0.2) is 48.5 Å². The van der Waals surface area contributed by atoms with Gasteiger partial charge in [-0.15, -0.1) is 0 Å². The molecule has 136 valence electrons. The second-order valence-electron chi connectivity index (χ2n) is 6.17. The molecule has 0 atom stereocenters. The number of fused-ring (bicyclic) bond motifs is 5. The van der Waals surface area contributed by atoms with E-state index in [1.54, 1.807) is 18.2 Å². The summed E-state index contributed by atoms with van der Waals surface area (Å²) in [5, 5.41) is 0. The van der Waals surface area contributed by atoms with Gasteiger partial charge in [0.2, 0.25) is 5.95 Å². The molecule has 6 heteroatoms. The summed E-state index contributed by atoms with van der Waals surface area (Å²) in [5.41, 5.74) is 2.77. The molecule has 3 aromatic rings. The van der Waals surface area contributed by atoms with Gasteiger partial charge in [0.1, 0.15) is 11.1 Å². The number of halogens is 1. The van der Waals surface area contributed by atoms with Crippen molar-refractivity contribution in [1.29, 1.82) is 0 Å². The minimum absolute atomic E-state index is 0.133. The summed E-state index contributed by atoms with van der Waals surface area (Å²) in [6.45, 7) is 0. The molecule has 1 aliphatic rings. The van der Waals surface area contributed by atoms with Gasteiger partial charge in [-0.25, -0.2) is 9.59 Å². The van der Waals surface area contributed by atoms with Gasteiger partial charge in [0.25, 0.3) is 0 Å². The molecule has 0 fully saturated rings. The van der Waals surface area contributed by atoms with Crippen molar-refractivity contribution in [3.05, 3.63) is 76.7 Å². The molecule has 1 aliphatic heterocycles. The molecule has 0 radical (unpaired) electrons. The third-order valence-corrected chi connectivity index (χ3v) is 4.78. The van der Waals surface area contributed by atoms with Crippen molar-refractivity contribution in [2.45, 2.75) is 6.42 Å². The fraction of sp³-hybridized carbons (Fsp3) is 0.143. The lowest BCUT2D eigenvalue weighted by Crippen LogP contribution is -2.12. The van der Waals surface area contributed by atoms with E-state index in [4.69, 9.17) is 9.47 Å². The Morgan fingerprint density at radius 1 is 0.889 bits per heavy atom. The number of nitrogens with zero attached hydrogens (tertiary/aromatic N) is 1. The molecule has 0 amide bonds. The SMILES string of the molecule is COC(=O)c1c(C(=O)OC)c2n(c1F)-c1ccccc1Cc1ccccc1-2. The third kappa shape index (κ3) is 2.44. The quantitative estimate of drug-likeness (QED) is 0.508. The zero-order valence-corrected chi connectivity index (χ0v) is 14.8. The lowest BCUT2D eigenvalue weighted by Gasteiger charge is -2.11. The molecule has 0 N–H and O–H groups in total. The Kier molecular flexibility index (Phi) is 4.03. The number of carbonyl (C=O) groups excluding carboxylic acids is 2. The molecule has 2 heterocycles. The van der Waals surface area contributed by atoms with Gasteiger partial charge in [-0.05, 0) is 17.2 Å². The molecular weight excluding hydrogens is 349 g/mol. The average molecular weight is 365 g/mol. The van der Waals surface area contributed by atoms with Gasteiger partial charge < -0.3 is 9.47 Å². The lowest BCUT2D eigenvalue weighted by molar-refractivity contribution is 0.0553. The second-order valence-corrected chi connectivity index (χ2v) is 6.17. The monoisotopic (exact) mass is 365 g/mol. The van der Waals surface area contributed by atoms with E-state index in [2.05, 4.69) is 0 Å². The van der Waals surface area contributed by atoms with Crippen molar-refractivity contribution in [1.82, 2.24) is 4.57 Å². The molecule has 0 spiro atoms. The van der Waals surface area contributed by atoms with Crippen LogP contribution in [0.5, 0.6) is 0 Å². The standard InChI is InChI=1S/C21H16FNO4/c1-26-20(24)16-17(21(25)27-2)19(22)23-15-10-6-4-8-13(15)11-12-7-3-5-9-14(12)18(16)23/h3-10H,11H2,1-2H3. The van der Waals surface area contributed by atoms with Crippen molar-refractivity contribution in [3.8, 4) is 16.9 Å². The zero-order chi connectivity index (χ0) is 19.1. The summed E-state index contributed by atoms with van der Waals surface area (Å²) in [6.07, 6.45) is 0.571. The smallest absolute Gasteiger partial charge is 0.343 e. The van der Waals surface area contributed by atoms with Gasteiger partial charge >= 0.3 is 11.9 Å². The third-order valence-electron chi connectivity index (χ3n) is 4.78. The maximum absolute atomic E-state index is 15.5. The fourth-order valence-corrected chi connectivity index (χ4v) is 3.60. The highest BCUT2D eigenvalue weighted by molar-refractivity contribution is 6.08. The van der Waals surface area contributed by atoms with Crippen molar-refractivity contribution in [2.75, 3.05) is 14.2 Å². The molecule has 0 saturated carbocycles.